The van der Waals surface area contributed by atoms with Crippen molar-refractivity contribution in [1.29, 1.82) is 0 Å². The summed E-state index contributed by atoms with van der Waals surface area (Å²) in [5.41, 5.74) is 3.00. The third-order valence-electron chi connectivity index (χ3n) is 6.18. The van der Waals surface area contributed by atoms with Gasteiger partial charge in [0.15, 0.2) is 5.96 Å². The molecule has 0 spiro atoms. The molecular formula is C23H40IN5O. The molecule has 0 amide bonds. The predicted molar refractivity (Wildman–Crippen MR) is 136 cm³/mol. The first-order valence-electron chi connectivity index (χ1n) is 11.4. The van der Waals surface area contributed by atoms with Gasteiger partial charge in [-0.15, -0.1) is 24.0 Å². The van der Waals surface area contributed by atoms with Crippen LogP contribution < -0.4 is 10.6 Å². The lowest BCUT2D eigenvalue weighted by Gasteiger charge is -2.35. The van der Waals surface area contributed by atoms with Crippen molar-refractivity contribution in [2.75, 3.05) is 52.5 Å². The first-order valence-corrected chi connectivity index (χ1v) is 11.4. The molecule has 1 fully saturated rings. The highest BCUT2D eigenvalue weighted by Gasteiger charge is 2.22. The van der Waals surface area contributed by atoms with Gasteiger partial charge >= 0.3 is 0 Å². The van der Waals surface area contributed by atoms with Crippen LogP contribution in [-0.4, -0.2) is 80.3 Å². The van der Waals surface area contributed by atoms with Crippen LogP contribution in [-0.2, 0) is 17.7 Å². The van der Waals surface area contributed by atoms with Crippen LogP contribution in [0.2, 0.25) is 0 Å². The number of halogens is 1. The van der Waals surface area contributed by atoms with Gasteiger partial charge in [0.05, 0.1) is 19.8 Å². The van der Waals surface area contributed by atoms with Crippen molar-refractivity contribution >= 4 is 29.9 Å². The Morgan fingerprint density at radius 1 is 1.07 bits per heavy atom. The van der Waals surface area contributed by atoms with Gasteiger partial charge in [0, 0.05) is 51.4 Å². The van der Waals surface area contributed by atoms with Gasteiger partial charge in [-0.2, -0.15) is 0 Å². The number of hydrogen-bond acceptors (Lipinski definition) is 4. The van der Waals surface area contributed by atoms with Crippen LogP contribution in [0.25, 0.3) is 0 Å². The zero-order valence-electron chi connectivity index (χ0n) is 18.9. The summed E-state index contributed by atoms with van der Waals surface area (Å²) < 4.78 is 5.46. The van der Waals surface area contributed by atoms with Gasteiger partial charge in [0.25, 0.3) is 0 Å². The minimum absolute atomic E-state index is 0. The zero-order valence-corrected chi connectivity index (χ0v) is 21.2. The molecule has 0 saturated carbocycles. The number of guanidine groups is 1. The van der Waals surface area contributed by atoms with Crippen LogP contribution in [0.3, 0.4) is 0 Å². The topological polar surface area (TPSA) is 52.1 Å². The molecule has 0 aromatic heterocycles. The number of rotatable bonds is 8. The molecule has 2 unspecified atom stereocenters. The van der Waals surface area contributed by atoms with Crippen LogP contribution in [0.1, 0.15) is 38.3 Å². The Morgan fingerprint density at radius 3 is 2.50 bits per heavy atom. The molecule has 2 aliphatic rings. The van der Waals surface area contributed by atoms with E-state index in [2.05, 4.69) is 65.5 Å². The predicted octanol–water partition coefficient (Wildman–Crippen LogP) is 2.72. The van der Waals surface area contributed by atoms with Crippen molar-refractivity contribution in [2.45, 2.75) is 52.2 Å². The Bertz CT molecular complexity index is 650. The van der Waals surface area contributed by atoms with E-state index < -0.39 is 0 Å². The van der Waals surface area contributed by atoms with Crippen LogP contribution >= 0.6 is 24.0 Å². The Kier molecular flexibility index (Phi) is 11.4. The first kappa shape index (κ1) is 25.4. The molecule has 3 rings (SSSR count). The zero-order chi connectivity index (χ0) is 20.5. The highest BCUT2D eigenvalue weighted by Crippen LogP contribution is 2.21. The second-order valence-electron chi connectivity index (χ2n) is 8.15. The third-order valence-corrected chi connectivity index (χ3v) is 6.18. The monoisotopic (exact) mass is 529 g/mol. The van der Waals surface area contributed by atoms with Gasteiger partial charge in [0.2, 0.25) is 0 Å². The van der Waals surface area contributed by atoms with E-state index in [4.69, 9.17) is 9.73 Å². The third kappa shape index (κ3) is 7.35. The van der Waals surface area contributed by atoms with Crippen molar-refractivity contribution in [3.8, 4) is 0 Å². The second-order valence-corrected chi connectivity index (χ2v) is 8.15. The maximum Gasteiger partial charge on any atom is 0.191 e. The summed E-state index contributed by atoms with van der Waals surface area (Å²) in [7, 11) is 0. The number of fused-ring (bicyclic) bond motifs is 1. The molecule has 1 aromatic carbocycles. The highest BCUT2D eigenvalue weighted by molar-refractivity contribution is 14.0. The Morgan fingerprint density at radius 2 is 1.80 bits per heavy atom. The number of nitrogens with one attached hydrogen (secondary N) is 2. The summed E-state index contributed by atoms with van der Waals surface area (Å²) in [4.78, 5) is 9.96. The van der Waals surface area contributed by atoms with Crippen LogP contribution in [0, 0.1) is 0 Å². The van der Waals surface area contributed by atoms with Crippen molar-refractivity contribution in [3.05, 3.63) is 35.4 Å². The molecule has 2 atom stereocenters. The summed E-state index contributed by atoms with van der Waals surface area (Å²) in [6, 6.07) is 9.83. The maximum absolute atomic E-state index is 5.46. The minimum atomic E-state index is 0. The van der Waals surface area contributed by atoms with E-state index in [9.17, 15) is 0 Å². The van der Waals surface area contributed by atoms with E-state index in [1.165, 1.54) is 11.1 Å². The second kappa shape index (κ2) is 13.5. The summed E-state index contributed by atoms with van der Waals surface area (Å²) in [6.07, 6.45) is 2.29. The molecule has 1 saturated heterocycles. The van der Waals surface area contributed by atoms with Gasteiger partial charge in [-0.3, -0.25) is 14.8 Å². The van der Waals surface area contributed by atoms with Gasteiger partial charge < -0.3 is 15.4 Å². The molecule has 0 aliphatic carbocycles. The summed E-state index contributed by atoms with van der Waals surface area (Å²) in [5.74, 6) is 0.934. The van der Waals surface area contributed by atoms with E-state index in [0.29, 0.717) is 12.1 Å². The van der Waals surface area contributed by atoms with E-state index in [1.807, 2.05) is 0 Å². The van der Waals surface area contributed by atoms with Crippen molar-refractivity contribution < 1.29 is 4.74 Å². The van der Waals surface area contributed by atoms with E-state index in [0.717, 1.165) is 77.8 Å². The molecule has 2 heterocycles. The van der Waals surface area contributed by atoms with Gasteiger partial charge in [-0.25, -0.2) is 0 Å². The standard InChI is InChI=1S/C23H39N5O.HI/c1-4-22(28-11-10-20-8-6-7-9-21(20)18-28)17-26-23(24-5-2)25-16-19(3)27-12-14-29-15-13-27;/h6-9,19,22H,4-5,10-18H2,1-3H3,(H2,24,25,26);1H. The number of hydrogen-bond donors (Lipinski definition) is 2. The number of aliphatic imine (C=N–C) groups is 1. The normalized spacial score (nSPS) is 20.0. The van der Waals surface area contributed by atoms with E-state index >= 15 is 0 Å². The van der Waals surface area contributed by atoms with Crippen LogP contribution in [0.5, 0.6) is 0 Å². The van der Waals surface area contributed by atoms with E-state index in [1.54, 1.807) is 0 Å². The Hall–Kier alpha value is -0.900. The molecule has 1 aromatic rings. The van der Waals surface area contributed by atoms with Crippen molar-refractivity contribution in [1.82, 2.24) is 20.4 Å². The number of ether oxygens (including phenoxy) is 1. The fraction of sp³-hybridized carbons (Fsp3) is 0.696. The molecule has 7 heteroatoms. The molecule has 170 valence electrons. The number of morpholine rings is 1. The lowest BCUT2D eigenvalue weighted by molar-refractivity contribution is 0.0220. The summed E-state index contributed by atoms with van der Waals surface area (Å²) >= 11 is 0. The summed E-state index contributed by atoms with van der Waals surface area (Å²) in [5, 5.41) is 7.02. The molecule has 2 aliphatic heterocycles. The lowest BCUT2D eigenvalue weighted by Crippen LogP contribution is -2.49. The summed E-state index contributed by atoms with van der Waals surface area (Å²) in [6.45, 7) is 15.2. The SMILES string of the molecule is CCNC(=NCC(C)N1CCOCC1)NCC(CC)N1CCc2ccccc2C1.I. The maximum atomic E-state index is 5.46. The Balaban J connectivity index is 0.00000320. The van der Waals surface area contributed by atoms with Crippen molar-refractivity contribution in [2.24, 2.45) is 4.99 Å². The first-order chi connectivity index (χ1) is 14.2. The molecule has 30 heavy (non-hydrogen) atoms. The van der Waals surface area contributed by atoms with Gasteiger partial charge in [-0.1, -0.05) is 31.2 Å². The lowest BCUT2D eigenvalue weighted by atomic mass is 9.98. The quantitative estimate of drug-likeness (QED) is 0.308. The average Bonchev–Trinajstić information content (AvgIpc) is 2.78. The van der Waals surface area contributed by atoms with E-state index in [-0.39, 0.29) is 24.0 Å². The molecule has 0 radical (unpaired) electrons. The van der Waals surface area contributed by atoms with Crippen LogP contribution in [0.15, 0.2) is 29.3 Å². The van der Waals surface area contributed by atoms with Crippen LogP contribution in [0.4, 0.5) is 0 Å². The molecular weight excluding hydrogens is 489 g/mol. The number of benzene rings is 1. The largest absolute Gasteiger partial charge is 0.379 e. The fourth-order valence-corrected chi connectivity index (χ4v) is 4.27. The highest BCUT2D eigenvalue weighted by atomic mass is 127. The molecule has 2 N–H and O–H groups in total. The Labute approximate surface area is 199 Å². The van der Waals surface area contributed by atoms with Gasteiger partial charge in [-0.05, 0) is 37.8 Å². The molecule has 0 bridgehead atoms. The number of nitrogens with zero attached hydrogens (tertiary/aromatic N) is 3. The molecule has 6 nitrogen and oxygen atoms in total. The van der Waals surface area contributed by atoms with Gasteiger partial charge in [0.1, 0.15) is 0 Å². The van der Waals surface area contributed by atoms with Crippen molar-refractivity contribution in [3.63, 3.8) is 0 Å². The fourth-order valence-electron chi connectivity index (χ4n) is 4.27. The average molecular weight is 530 g/mol. The minimum Gasteiger partial charge on any atom is -0.379 e. The smallest absolute Gasteiger partial charge is 0.191 e.